The zero-order valence-electron chi connectivity index (χ0n) is 14.8. The number of hydrogen-bond donors (Lipinski definition) is 1. The van der Waals surface area contributed by atoms with Gasteiger partial charge >= 0.3 is 6.09 Å². The molecule has 0 bridgehead atoms. The average Bonchev–Trinajstić information content (AvgIpc) is 3.04. The van der Waals surface area contributed by atoms with E-state index in [1.165, 1.54) is 0 Å². The van der Waals surface area contributed by atoms with Crippen LogP contribution >= 0.6 is 0 Å². The van der Waals surface area contributed by atoms with E-state index in [0.29, 0.717) is 25.6 Å². The Morgan fingerprint density at radius 2 is 2.08 bits per heavy atom. The molecule has 1 amide bonds. The van der Waals surface area contributed by atoms with Crippen LogP contribution in [0.3, 0.4) is 0 Å². The average molecular weight is 343 g/mol. The number of aliphatic hydroxyl groups is 1. The van der Waals surface area contributed by atoms with Gasteiger partial charge in [-0.3, -0.25) is 4.90 Å². The van der Waals surface area contributed by atoms with Crippen molar-refractivity contribution in [3.8, 4) is 0 Å². The first-order chi connectivity index (χ1) is 12.1. The van der Waals surface area contributed by atoms with Gasteiger partial charge in [0, 0.05) is 19.0 Å². The van der Waals surface area contributed by atoms with Crippen LogP contribution < -0.4 is 0 Å². The molecule has 0 radical (unpaired) electrons. The second kappa shape index (κ2) is 7.70. The van der Waals surface area contributed by atoms with Gasteiger partial charge in [-0.25, -0.2) is 9.78 Å². The van der Waals surface area contributed by atoms with Crippen molar-refractivity contribution >= 4 is 6.09 Å². The zero-order chi connectivity index (χ0) is 17.8. The Morgan fingerprint density at radius 1 is 1.32 bits per heavy atom. The van der Waals surface area contributed by atoms with Gasteiger partial charge in [0.05, 0.1) is 24.5 Å². The van der Waals surface area contributed by atoms with Crippen molar-refractivity contribution in [2.45, 2.75) is 52.5 Å². The van der Waals surface area contributed by atoms with Gasteiger partial charge in [-0.15, -0.1) is 0 Å². The molecule has 0 fully saturated rings. The number of nitrogens with zero attached hydrogens (tertiary/aromatic N) is 3. The van der Waals surface area contributed by atoms with Gasteiger partial charge in [-0.05, 0) is 12.0 Å². The largest absolute Gasteiger partial charge is 0.445 e. The molecule has 134 valence electrons. The van der Waals surface area contributed by atoms with Crippen molar-refractivity contribution < 1.29 is 14.6 Å². The molecule has 1 aliphatic heterocycles. The lowest BCUT2D eigenvalue weighted by atomic mass is 10.0. The smallest absolute Gasteiger partial charge is 0.410 e. The van der Waals surface area contributed by atoms with Crippen molar-refractivity contribution in [3.05, 3.63) is 53.1 Å². The predicted molar refractivity (Wildman–Crippen MR) is 93.9 cm³/mol. The number of carbonyl (C=O) groups excluding carboxylic acids is 1. The molecule has 1 aromatic heterocycles. The molecular formula is C19H25N3O3. The molecular weight excluding hydrogens is 318 g/mol. The van der Waals surface area contributed by atoms with E-state index in [9.17, 15) is 9.90 Å². The minimum atomic E-state index is -0.325. The maximum absolute atomic E-state index is 12.3. The second-order valence-electron chi connectivity index (χ2n) is 6.44. The van der Waals surface area contributed by atoms with Crippen molar-refractivity contribution in [1.29, 1.82) is 0 Å². The van der Waals surface area contributed by atoms with Crippen LogP contribution in [-0.2, 0) is 31.0 Å². The summed E-state index contributed by atoms with van der Waals surface area (Å²) < 4.78 is 7.46. The molecule has 1 unspecified atom stereocenters. The van der Waals surface area contributed by atoms with Gasteiger partial charge in [-0.1, -0.05) is 44.2 Å². The minimum Gasteiger partial charge on any atom is -0.445 e. The maximum atomic E-state index is 12.3. The SMILES string of the molecule is CCC(C)c1nc2n(c1CO)CCN(C(=O)OCc1ccccc1)C2. The van der Waals surface area contributed by atoms with Crippen molar-refractivity contribution in [1.82, 2.24) is 14.5 Å². The number of imidazole rings is 1. The summed E-state index contributed by atoms with van der Waals surface area (Å²) >= 11 is 0. The standard InChI is InChI=1S/C19H25N3O3/c1-3-14(2)18-16(12-23)22-10-9-21(11-17(22)20-18)19(24)25-13-15-7-5-4-6-8-15/h4-8,14,23H,3,9-13H2,1-2H3. The van der Waals surface area contributed by atoms with E-state index in [1.807, 2.05) is 34.9 Å². The highest BCUT2D eigenvalue weighted by Gasteiger charge is 2.27. The van der Waals surface area contributed by atoms with Crippen LogP contribution in [0, 0.1) is 0 Å². The van der Waals surface area contributed by atoms with Crippen LogP contribution in [0.1, 0.15) is 49.0 Å². The fourth-order valence-electron chi connectivity index (χ4n) is 3.13. The van der Waals surface area contributed by atoms with Gasteiger partial charge in [0.25, 0.3) is 0 Å². The Kier molecular flexibility index (Phi) is 5.38. The number of hydrogen-bond acceptors (Lipinski definition) is 4. The Hall–Kier alpha value is -2.34. The number of aromatic nitrogens is 2. The van der Waals surface area contributed by atoms with E-state index < -0.39 is 0 Å². The molecule has 2 aromatic rings. The monoisotopic (exact) mass is 343 g/mol. The maximum Gasteiger partial charge on any atom is 0.410 e. The quantitative estimate of drug-likeness (QED) is 0.906. The lowest BCUT2D eigenvalue weighted by molar-refractivity contribution is 0.0856. The summed E-state index contributed by atoms with van der Waals surface area (Å²) in [6, 6.07) is 9.65. The third-order valence-corrected chi connectivity index (χ3v) is 4.80. The number of fused-ring (bicyclic) bond motifs is 1. The normalized spacial score (nSPS) is 14.9. The van der Waals surface area contributed by atoms with Gasteiger partial charge in [0.15, 0.2) is 0 Å². The molecule has 0 spiro atoms. The van der Waals surface area contributed by atoms with E-state index in [-0.39, 0.29) is 19.3 Å². The highest BCUT2D eigenvalue weighted by Crippen LogP contribution is 2.26. The molecule has 25 heavy (non-hydrogen) atoms. The van der Waals surface area contributed by atoms with Gasteiger partial charge in [-0.2, -0.15) is 0 Å². The fraction of sp³-hybridized carbons (Fsp3) is 0.474. The Bertz CT molecular complexity index is 727. The van der Waals surface area contributed by atoms with E-state index in [0.717, 1.165) is 29.2 Å². The summed E-state index contributed by atoms with van der Waals surface area (Å²) in [5.74, 6) is 1.11. The predicted octanol–water partition coefficient (Wildman–Crippen LogP) is 3.04. The van der Waals surface area contributed by atoms with E-state index in [2.05, 4.69) is 13.8 Å². The minimum absolute atomic E-state index is 0.0227. The first kappa shape index (κ1) is 17.5. The molecule has 3 rings (SSSR count). The van der Waals surface area contributed by atoms with E-state index in [1.54, 1.807) is 4.90 Å². The number of ether oxygens (including phenoxy) is 1. The number of rotatable bonds is 5. The Morgan fingerprint density at radius 3 is 2.76 bits per heavy atom. The number of benzene rings is 1. The lowest BCUT2D eigenvalue weighted by Crippen LogP contribution is -2.39. The number of carbonyl (C=O) groups is 1. The summed E-state index contributed by atoms with van der Waals surface area (Å²) in [6.07, 6.45) is 0.639. The van der Waals surface area contributed by atoms with Gasteiger partial charge in [0.1, 0.15) is 12.4 Å². The topological polar surface area (TPSA) is 67.6 Å². The molecule has 2 heterocycles. The summed E-state index contributed by atoms with van der Waals surface area (Å²) in [6.45, 7) is 6.07. The van der Waals surface area contributed by atoms with Crippen LogP contribution in [0.4, 0.5) is 4.79 Å². The van der Waals surface area contributed by atoms with Crippen molar-refractivity contribution in [2.75, 3.05) is 6.54 Å². The zero-order valence-corrected chi connectivity index (χ0v) is 14.8. The molecule has 0 aliphatic carbocycles. The van der Waals surface area contributed by atoms with Crippen LogP contribution in [-0.4, -0.2) is 32.2 Å². The molecule has 1 N–H and O–H groups in total. The molecule has 1 aliphatic rings. The highest BCUT2D eigenvalue weighted by atomic mass is 16.6. The molecule has 1 aromatic carbocycles. The molecule has 6 heteroatoms. The summed E-state index contributed by atoms with van der Waals surface area (Å²) in [5, 5.41) is 9.73. The second-order valence-corrected chi connectivity index (χ2v) is 6.44. The van der Waals surface area contributed by atoms with Crippen LogP contribution in [0.15, 0.2) is 30.3 Å². The van der Waals surface area contributed by atoms with Crippen LogP contribution in [0.25, 0.3) is 0 Å². The van der Waals surface area contributed by atoms with Crippen molar-refractivity contribution in [3.63, 3.8) is 0 Å². The van der Waals surface area contributed by atoms with Gasteiger partial charge < -0.3 is 14.4 Å². The third-order valence-electron chi connectivity index (χ3n) is 4.80. The van der Waals surface area contributed by atoms with E-state index >= 15 is 0 Å². The Labute approximate surface area is 148 Å². The third kappa shape index (κ3) is 3.69. The number of amides is 1. The highest BCUT2D eigenvalue weighted by molar-refractivity contribution is 5.67. The summed E-state index contributed by atoms with van der Waals surface area (Å²) in [4.78, 5) is 18.7. The molecule has 0 saturated heterocycles. The lowest BCUT2D eigenvalue weighted by Gasteiger charge is -2.27. The first-order valence-corrected chi connectivity index (χ1v) is 8.78. The molecule has 0 saturated carbocycles. The summed E-state index contributed by atoms with van der Waals surface area (Å²) in [5.41, 5.74) is 2.79. The van der Waals surface area contributed by atoms with Crippen LogP contribution in [0.5, 0.6) is 0 Å². The number of aliphatic hydroxyl groups excluding tert-OH is 1. The van der Waals surface area contributed by atoms with Crippen LogP contribution in [0.2, 0.25) is 0 Å². The molecule has 6 nitrogen and oxygen atoms in total. The summed E-state index contributed by atoms with van der Waals surface area (Å²) in [7, 11) is 0. The molecule has 1 atom stereocenters. The fourth-order valence-corrected chi connectivity index (χ4v) is 3.13. The van der Waals surface area contributed by atoms with E-state index in [4.69, 9.17) is 9.72 Å². The Balaban J connectivity index is 1.68. The first-order valence-electron chi connectivity index (χ1n) is 8.78. The van der Waals surface area contributed by atoms with Gasteiger partial charge in [0.2, 0.25) is 0 Å². The van der Waals surface area contributed by atoms with Crippen molar-refractivity contribution in [2.24, 2.45) is 0 Å².